The molecule has 3 aromatic carbocycles. The molecule has 220 valence electrons. The van der Waals surface area contributed by atoms with E-state index in [9.17, 15) is 17.6 Å². The lowest BCUT2D eigenvalue weighted by molar-refractivity contribution is -0.140. The van der Waals surface area contributed by atoms with Crippen LogP contribution in [-0.4, -0.2) is 22.8 Å². The lowest BCUT2D eigenvalue weighted by Crippen LogP contribution is -2.08. The molecule has 0 amide bonds. The van der Waals surface area contributed by atoms with Gasteiger partial charge in [0, 0.05) is 24.2 Å². The van der Waals surface area contributed by atoms with Crippen molar-refractivity contribution in [2.24, 2.45) is 0 Å². The summed E-state index contributed by atoms with van der Waals surface area (Å²) >= 11 is 0. The number of nitrogens with zero attached hydrogens (tertiary/aromatic N) is 2. The molecular weight excluding hydrogens is 536 g/mol. The maximum Gasteiger partial charge on any atom is 0.419 e. The number of halogens is 4. The molecule has 5 nitrogen and oxygen atoms in total. The predicted molar refractivity (Wildman–Crippen MR) is 152 cm³/mol. The molecule has 0 spiro atoms. The number of aromatic nitrogens is 2. The monoisotopic (exact) mass is 572 g/mol. The normalized spacial score (nSPS) is 11.7. The van der Waals surface area contributed by atoms with E-state index in [1.807, 2.05) is 24.3 Å². The molecule has 0 saturated heterocycles. The van der Waals surface area contributed by atoms with Gasteiger partial charge in [0.2, 0.25) is 0 Å². The highest BCUT2D eigenvalue weighted by Gasteiger charge is 2.34. The molecule has 0 aliphatic carbocycles. The summed E-state index contributed by atoms with van der Waals surface area (Å²) in [6, 6.07) is 13.4. The minimum atomic E-state index is -4.81. The van der Waals surface area contributed by atoms with Crippen molar-refractivity contribution in [2.75, 3.05) is 13.2 Å². The molecule has 1 aromatic heterocycles. The minimum absolute atomic E-state index is 0.105. The highest BCUT2D eigenvalue weighted by atomic mass is 19.4. The van der Waals surface area contributed by atoms with Gasteiger partial charge in [-0.15, -0.1) is 0 Å². The smallest absolute Gasteiger partial charge is 0.419 e. The van der Waals surface area contributed by atoms with Gasteiger partial charge in [-0.05, 0) is 61.7 Å². The Morgan fingerprint density at radius 2 is 1.41 bits per heavy atom. The minimum Gasteiger partial charge on any atom is -0.493 e. The third-order valence-corrected chi connectivity index (χ3v) is 6.64. The summed E-state index contributed by atoms with van der Waals surface area (Å²) in [5, 5.41) is 0. The van der Waals surface area contributed by atoms with E-state index in [1.54, 1.807) is 12.1 Å². The summed E-state index contributed by atoms with van der Waals surface area (Å²) in [4.78, 5) is 4.99. The number of rotatable bonds is 14. The molecule has 4 rings (SSSR count). The van der Waals surface area contributed by atoms with Crippen molar-refractivity contribution in [1.82, 2.24) is 9.55 Å². The molecule has 0 fully saturated rings. The van der Waals surface area contributed by atoms with Crippen molar-refractivity contribution in [3.63, 3.8) is 0 Å². The zero-order valence-corrected chi connectivity index (χ0v) is 23.7. The molecular formula is C32H36F4N2O3. The van der Waals surface area contributed by atoms with Crippen LogP contribution in [0.5, 0.6) is 23.0 Å². The molecule has 0 N–H and O–H groups in total. The van der Waals surface area contributed by atoms with Crippen LogP contribution in [0.15, 0.2) is 54.6 Å². The molecule has 0 aliphatic rings. The average molecular weight is 573 g/mol. The molecule has 1 heterocycles. The van der Waals surface area contributed by atoms with Crippen LogP contribution in [0.4, 0.5) is 17.6 Å². The number of imidazole rings is 1. The zero-order valence-electron chi connectivity index (χ0n) is 23.7. The van der Waals surface area contributed by atoms with Crippen LogP contribution in [0.3, 0.4) is 0 Å². The Balaban J connectivity index is 1.69. The fraction of sp³-hybridized carbons (Fsp3) is 0.406. The van der Waals surface area contributed by atoms with Crippen LogP contribution >= 0.6 is 0 Å². The quantitative estimate of drug-likeness (QED) is 0.111. The number of aryl methyl sites for hydroxylation is 1. The van der Waals surface area contributed by atoms with E-state index in [-0.39, 0.29) is 5.75 Å². The highest BCUT2D eigenvalue weighted by Crippen LogP contribution is 2.37. The van der Waals surface area contributed by atoms with Gasteiger partial charge in [-0.3, -0.25) is 0 Å². The van der Waals surface area contributed by atoms with Crippen molar-refractivity contribution in [2.45, 2.75) is 72.0 Å². The zero-order chi connectivity index (χ0) is 29.4. The molecule has 0 unspecified atom stereocenters. The van der Waals surface area contributed by atoms with Crippen molar-refractivity contribution < 1.29 is 31.8 Å². The molecule has 9 heteroatoms. The maximum atomic E-state index is 13.7. The van der Waals surface area contributed by atoms with Gasteiger partial charge in [0.25, 0.3) is 0 Å². The predicted octanol–water partition coefficient (Wildman–Crippen LogP) is 9.81. The first-order valence-corrected chi connectivity index (χ1v) is 14.2. The summed E-state index contributed by atoms with van der Waals surface area (Å²) in [5.74, 6) is 1.03. The Morgan fingerprint density at radius 1 is 0.756 bits per heavy atom. The van der Waals surface area contributed by atoms with Crippen molar-refractivity contribution in [1.29, 1.82) is 0 Å². The van der Waals surface area contributed by atoms with Crippen molar-refractivity contribution >= 4 is 11.0 Å². The third kappa shape index (κ3) is 7.51. The number of hydrogen-bond acceptors (Lipinski definition) is 4. The van der Waals surface area contributed by atoms with Gasteiger partial charge in [-0.2, -0.15) is 13.2 Å². The standard InChI is InChI=1S/C32H36F4N2O3/c1-4-7-16-38-28-20-25(39-17-8-5-2)21-29(40-18-9-6-3)30(28)37-31(38)22-10-12-23(13-11-22)41-24-14-15-27(33)26(19-24)32(34,35)36/h10-15,19-21H,4-9,16-18H2,1-3H3. The van der Waals surface area contributed by atoms with Gasteiger partial charge in [0.05, 0.1) is 24.3 Å². The molecule has 41 heavy (non-hydrogen) atoms. The fourth-order valence-corrected chi connectivity index (χ4v) is 4.38. The van der Waals surface area contributed by atoms with E-state index in [4.69, 9.17) is 19.2 Å². The molecule has 0 aliphatic heterocycles. The number of fused-ring (bicyclic) bond motifs is 1. The summed E-state index contributed by atoms with van der Waals surface area (Å²) in [6.45, 7) is 8.29. The first kappa shape index (κ1) is 30.2. The summed E-state index contributed by atoms with van der Waals surface area (Å²) in [5.41, 5.74) is 1.11. The van der Waals surface area contributed by atoms with Crippen LogP contribution < -0.4 is 14.2 Å². The van der Waals surface area contributed by atoms with E-state index in [0.717, 1.165) is 79.3 Å². The second kappa shape index (κ2) is 13.7. The average Bonchev–Trinajstić information content (AvgIpc) is 3.31. The lowest BCUT2D eigenvalue weighted by atomic mass is 10.2. The van der Waals surface area contributed by atoms with E-state index >= 15 is 0 Å². The number of ether oxygens (including phenoxy) is 3. The second-order valence-electron chi connectivity index (χ2n) is 9.90. The number of unbranched alkanes of at least 4 members (excludes halogenated alkanes) is 3. The first-order chi connectivity index (χ1) is 19.7. The van der Waals surface area contributed by atoms with Gasteiger partial charge in [0.15, 0.2) is 5.75 Å². The van der Waals surface area contributed by atoms with Gasteiger partial charge in [-0.25, -0.2) is 9.37 Å². The van der Waals surface area contributed by atoms with E-state index in [2.05, 4.69) is 25.3 Å². The van der Waals surface area contributed by atoms with E-state index in [0.29, 0.717) is 30.8 Å². The molecule has 0 atom stereocenters. The van der Waals surface area contributed by atoms with Gasteiger partial charge in [-0.1, -0.05) is 40.0 Å². The summed E-state index contributed by atoms with van der Waals surface area (Å²) in [7, 11) is 0. The Kier molecular flexibility index (Phi) is 10.1. The lowest BCUT2D eigenvalue weighted by Gasteiger charge is -2.13. The largest absolute Gasteiger partial charge is 0.493 e. The van der Waals surface area contributed by atoms with Crippen LogP contribution in [0.1, 0.15) is 64.9 Å². The second-order valence-corrected chi connectivity index (χ2v) is 9.90. The topological polar surface area (TPSA) is 45.5 Å². The summed E-state index contributed by atoms with van der Waals surface area (Å²) < 4.78 is 73.0. The van der Waals surface area contributed by atoms with Crippen LogP contribution in [0.2, 0.25) is 0 Å². The number of alkyl halides is 3. The van der Waals surface area contributed by atoms with E-state index in [1.165, 1.54) is 6.07 Å². The fourth-order valence-electron chi connectivity index (χ4n) is 4.38. The highest BCUT2D eigenvalue weighted by molar-refractivity contribution is 5.87. The van der Waals surface area contributed by atoms with Crippen LogP contribution in [0.25, 0.3) is 22.4 Å². The summed E-state index contributed by atoms with van der Waals surface area (Å²) in [6.07, 6.45) is 1.04. The van der Waals surface area contributed by atoms with Gasteiger partial charge < -0.3 is 18.8 Å². The molecule has 4 aromatic rings. The first-order valence-electron chi connectivity index (χ1n) is 14.2. The molecule has 0 bridgehead atoms. The maximum absolute atomic E-state index is 13.7. The van der Waals surface area contributed by atoms with Gasteiger partial charge >= 0.3 is 6.18 Å². The van der Waals surface area contributed by atoms with E-state index < -0.39 is 17.6 Å². The Labute approximate surface area is 238 Å². The van der Waals surface area contributed by atoms with Crippen LogP contribution in [0, 0.1) is 5.82 Å². The number of hydrogen-bond donors (Lipinski definition) is 0. The Hall–Kier alpha value is -3.75. The molecule has 0 radical (unpaired) electrons. The van der Waals surface area contributed by atoms with Crippen molar-refractivity contribution in [3.05, 3.63) is 66.0 Å². The van der Waals surface area contributed by atoms with Gasteiger partial charge in [0.1, 0.15) is 34.4 Å². The van der Waals surface area contributed by atoms with Crippen LogP contribution in [-0.2, 0) is 12.7 Å². The SMILES string of the molecule is CCCCOc1cc(OCCCC)c2nc(-c3ccc(Oc4ccc(F)c(C(F)(F)F)c4)cc3)n(CCCC)c2c1. The number of benzene rings is 3. The van der Waals surface area contributed by atoms with Crippen molar-refractivity contribution in [3.8, 4) is 34.4 Å². The Morgan fingerprint density at radius 3 is 2.07 bits per heavy atom. The Bertz CT molecular complexity index is 1430. The molecule has 0 saturated carbocycles. The third-order valence-electron chi connectivity index (χ3n) is 6.64.